The van der Waals surface area contributed by atoms with E-state index in [9.17, 15) is 4.79 Å². The molecule has 2 aromatic rings. The van der Waals surface area contributed by atoms with E-state index in [2.05, 4.69) is 25.7 Å². The smallest absolute Gasteiger partial charge is 0.230 e. The number of hydrogen-bond donors (Lipinski definition) is 2. The highest BCUT2D eigenvalue weighted by Gasteiger charge is 2.24. The molecule has 2 N–H and O–H groups in total. The number of nitrogens with one attached hydrogen (secondary N) is 2. The number of amides is 1. The van der Waals surface area contributed by atoms with Crippen LogP contribution in [0.1, 0.15) is 40.8 Å². The second-order valence-corrected chi connectivity index (χ2v) is 5.88. The van der Waals surface area contributed by atoms with E-state index in [1.807, 2.05) is 6.92 Å². The summed E-state index contributed by atoms with van der Waals surface area (Å²) in [6.07, 6.45) is 5.60. The first-order valence-corrected chi connectivity index (χ1v) is 7.16. The van der Waals surface area contributed by atoms with E-state index in [1.54, 1.807) is 11.3 Å². The predicted octanol–water partition coefficient (Wildman–Crippen LogP) is 2.02. The Balaban J connectivity index is 1.65. The highest BCUT2D eigenvalue weighted by molar-refractivity contribution is 7.12. The van der Waals surface area contributed by atoms with Crippen LogP contribution >= 0.6 is 11.3 Å². The monoisotopic (exact) mass is 277 g/mol. The molecule has 1 aliphatic carbocycles. The van der Waals surface area contributed by atoms with Crippen LogP contribution < -0.4 is 5.32 Å². The Hall–Kier alpha value is -1.76. The molecule has 0 radical (unpaired) electrons. The summed E-state index contributed by atoms with van der Waals surface area (Å²) < 4.78 is 0. The molecule has 19 heavy (non-hydrogen) atoms. The summed E-state index contributed by atoms with van der Waals surface area (Å²) in [5.74, 6) is 0.989. The van der Waals surface area contributed by atoms with E-state index in [0.29, 0.717) is 18.2 Å². The molecular weight excluding hydrogens is 262 g/mol. The van der Waals surface area contributed by atoms with Crippen LogP contribution in [0.3, 0.4) is 0 Å². The molecule has 1 amide bonds. The summed E-state index contributed by atoms with van der Waals surface area (Å²) in [6.45, 7) is 1.97. The Morgan fingerprint density at radius 1 is 1.58 bits per heavy atom. The van der Waals surface area contributed by atoms with Crippen molar-refractivity contribution in [3.8, 4) is 0 Å². The molecule has 0 aliphatic heterocycles. The first-order valence-electron chi connectivity index (χ1n) is 6.34. The minimum atomic E-state index is -0.0826. The van der Waals surface area contributed by atoms with Crippen molar-refractivity contribution in [2.75, 3.05) is 5.32 Å². The van der Waals surface area contributed by atoms with Gasteiger partial charge in [0, 0.05) is 10.8 Å². The van der Waals surface area contributed by atoms with Crippen molar-refractivity contribution in [2.45, 2.75) is 38.5 Å². The average molecular weight is 277 g/mol. The number of carbonyl (C=O) groups is 1. The SMILES string of the molecule is Cc1nc(C2CCC2)sc1CC(=O)Nc1cn[nH]n1. The zero-order valence-electron chi connectivity index (χ0n) is 10.6. The molecule has 0 bridgehead atoms. The van der Waals surface area contributed by atoms with Gasteiger partial charge in [-0.15, -0.1) is 16.4 Å². The van der Waals surface area contributed by atoms with Crippen molar-refractivity contribution in [3.63, 3.8) is 0 Å². The number of rotatable bonds is 4. The van der Waals surface area contributed by atoms with Crippen molar-refractivity contribution in [1.82, 2.24) is 20.4 Å². The third-order valence-corrected chi connectivity index (χ3v) is 4.69. The second kappa shape index (κ2) is 5.08. The van der Waals surface area contributed by atoms with Gasteiger partial charge in [-0.1, -0.05) is 6.42 Å². The number of anilines is 1. The van der Waals surface area contributed by atoms with Crippen LogP contribution in [0, 0.1) is 6.92 Å². The molecule has 1 aliphatic rings. The molecule has 0 unspecified atom stereocenters. The Kier molecular flexibility index (Phi) is 3.29. The summed E-state index contributed by atoms with van der Waals surface area (Å²) in [4.78, 5) is 17.5. The van der Waals surface area contributed by atoms with Crippen molar-refractivity contribution < 1.29 is 4.79 Å². The number of aryl methyl sites for hydroxylation is 1. The van der Waals surface area contributed by atoms with Gasteiger partial charge in [-0.25, -0.2) is 4.98 Å². The summed E-state index contributed by atoms with van der Waals surface area (Å²) in [6, 6.07) is 0. The molecule has 1 fully saturated rings. The highest BCUT2D eigenvalue weighted by Crippen LogP contribution is 2.39. The second-order valence-electron chi connectivity index (χ2n) is 4.77. The van der Waals surface area contributed by atoms with Crippen molar-refractivity contribution in [2.24, 2.45) is 0 Å². The van der Waals surface area contributed by atoms with Gasteiger partial charge in [-0.2, -0.15) is 10.3 Å². The lowest BCUT2D eigenvalue weighted by molar-refractivity contribution is -0.115. The molecule has 1 saturated carbocycles. The number of hydrogen-bond acceptors (Lipinski definition) is 5. The number of nitrogens with zero attached hydrogens (tertiary/aromatic N) is 3. The molecule has 3 rings (SSSR count). The lowest BCUT2D eigenvalue weighted by atomic mass is 9.86. The summed E-state index contributed by atoms with van der Waals surface area (Å²) in [5.41, 5.74) is 0.974. The minimum absolute atomic E-state index is 0.0826. The molecule has 0 atom stereocenters. The maximum absolute atomic E-state index is 11.9. The third-order valence-electron chi connectivity index (χ3n) is 3.37. The largest absolute Gasteiger partial charge is 0.308 e. The van der Waals surface area contributed by atoms with Crippen LogP contribution in [0.25, 0.3) is 0 Å². The number of H-pyrrole nitrogens is 1. The van der Waals surface area contributed by atoms with E-state index in [1.165, 1.54) is 30.5 Å². The van der Waals surface area contributed by atoms with Gasteiger partial charge < -0.3 is 5.32 Å². The van der Waals surface area contributed by atoms with Gasteiger partial charge in [0.25, 0.3) is 0 Å². The fourth-order valence-corrected chi connectivity index (χ4v) is 3.27. The lowest BCUT2D eigenvalue weighted by Gasteiger charge is -2.22. The predicted molar refractivity (Wildman–Crippen MR) is 72.2 cm³/mol. The standard InChI is InChI=1S/C12H15N5OS/c1-7-9(19-12(14-7)8-3-2-4-8)5-11(18)15-10-6-13-17-16-10/h6,8H,2-5H2,1H3,(H2,13,15,16,17,18). The van der Waals surface area contributed by atoms with Gasteiger partial charge in [0.05, 0.1) is 23.3 Å². The van der Waals surface area contributed by atoms with Crippen LogP contribution in [-0.2, 0) is 11.2 Å². The van der Waals surface area contributed by atoms with Gasteiger partial charge in [0.1, 0.15) is 0 Å². The van der Waals surface area contributed by atoms with Crippen LogP contribution in [0.4, 0.5) is 5.82 Å². The summed E-state index contributed by atoms with van der Waals surface area (Å²) >= 11 is 1.67. The van der Waals surface area contributed by atoms with Gasteiger partial charge in [-0.05, 0) is 19.8 Å². The zero-order chi connectivity index (χ0) is 13.2. The number of aromatic nitrogens is 4. The molecule has 0 saturated heterocycles. The molecule has 6 nitrogen and oxygen atoms in total. The van der Waals surface area contributed by atoms with Crippen molar-refractivity contribution in [3.05, 3.63) is 21.8 Å². The van der Waals surface area contributed by atoms with Gasteiger partial charge >= 0.3 is 0 Å². The Labute approximate surface area is 114 Å². The first kappa shape index (κ1) is 12.3. The Bertz CT molecular complexity index is 573. The lowest BCUT2D eigenvalue weighted by Crippen LogP contribution is -2.14. The molecular formula is C12H15N5OS. The van der Waals surface area contributed by atoms with Crippen LogP contribution in [-0.4, -0.2) is 26.3 Å². The van der Waals surface area contributed by atoms with Gasteiger partial charge in [0.15, 0.2) is 5.82 Å². The summed E-state index contributed by atoms with van der Waals surface area (Å²) in [5, 5.41) is 13.8. The first-order chi connectivity index (χ1) is 9.22. The third kappa shape index (κ3) is 2.65. The van der Waals surface area contributed by atoms with Gasteiger partial charge in [0.2, 0.25) is 5.91 Å². The molecule has 0 spiro atoms. The number of carbonyl (C=O) groups excluding carboxylic acids is 1. The number of thiazole rings is 1. The quantitative estimate of drug-likeness (QED) is 0.895. The topological polar surface area (TPSA) is 83.6 Å². The molecule has 100 valence electrons. The maximum Gasteiger partial charge on any atom is 0.230 e. The molecule has 2 aromatic heterocycles. The van der Waals surface area contributed by atoms with Crippen LogP contribution in [0.5, 0.6) is 0 Å². The van der Waals surface area contributed by atoms with E-state index < -0.39 is 0 Å². The zero-order valence-corrected chi connectivity index (χ0v) is 11.5. The van der Waals surface area contributed by atoms with E-state index >= 15 is 0 Å². The fraction of sp³-hybridized carbons (Fsp3) is 0.500. The normalized spacial score (nSPS) is 15.2. The molecule has 0 aromatic carbocycles. The minimum Gasteiger partial charge on any atom is -0.308 e. The maximum atomic E-state index is 11.9. The summed E-state index contributed by atoms with van der Waals surface area (Å²) in [7, 11) is 0. The average Bonchev–Trinajstić information content (AvgIpc) is 2.88. The Morgan fingerprint density at radius 2 is 2.42 bits per heavy atom. The van der Waals surface area contributed by atoms with E-state index in [4.69, 9.17) is 0 Å². The van der Waals surface area contributed by atoms with Crippen molar-refractivity contribution >= 4 is 23.1 Å². The van der Waals surface area contributed by atoms with Crippen LogP contribution in [0.2, 0.25) is 0 Å². The molecule has 2 heterocycles. The number of aromatic amines is 1. The van der Waals surface area contributed by atoms with Gasteiger partial charge in [-0.3, -0.25) is 4.79 Å². The fourth-order valence-electron chi connectivity index (χ4n) is 2.04. The highest BCUT2D eigenvalue weighted by atomic mass is 32.1. The Morgan fingerprint density at radius 3 is 3.05 bits per heavy atom. The molecule has 7 heteroatoms. The van der Waals surface area contributed by atoms with Crippen LogP contribution in [0.15, 0.2) is 6.20 Å². The van der Waals surface area contributed by atoms with E-state index in [0.717, 1.165) is 10.6 Å². The van der Waals surface area contributed by atoms with E-state index in [-0.39, 0.29) is 5.91 Å². The van der Waals surface area contributed by atoms with Crippen molar-refractivity contribution in [1.29, 1.82) is 0 Å².